The van der Waals surface area contributed by atoms with E-state index in [-0.39, 0.29) is 23.8 Å². The van der Waals surface area contributed by atoms with Gasteiger partial charge >= 0.3 is 0 Å². The molecule has 0 unspecified atom stereocenters. The highest BCUT2D eigenvalue weighted by molar-refractivity contribution is 7.89. The van der Waals surface area contributed by atoms with Crippen LogP contribution in [0.1, 0.15) is 6.42 Å². The number of carbonyl (C=O) groups is 1. The zero-order valence-electron chi connectivity index (χ0n) is 16.1. The highest BCUT2D eigenvalue weighted by atomic mass is 35.5. The number of nitrogens with zero attached hydrogens (tertiary/aromatic N) is 4. The fourth-order valence-electron chi connectivity index (χ4n) is 2.66. The van der Waals surface area contributed by atoms with E-state index in [0.717, 1.165) is 4.31 Å². The van der Waals surface area contributed by atoms with Gasteiger partial charge in [-0.25, -0.2) is 17.4 Å². The molecule has 3 aromatic rings. The van der Waals surface area contributed by atoms with Crippen LogP contribution in [-0.4, -0.2) is 54.8 Å². The summed E-state index contributed by atoms with van der Waals surface area (Å²) in [5, 5.41) is 11.2. The Morgan fingerprint density at radius 3 is 2.66 bits per heavy atom. The normalized spacial score (nSPS) is 11.8. The number of ether oxygens (including phenoxy) is 1. The van der Waals surface area contributed by atoms with Gasteiger partial charge < -0.3 is 10.1 Å². The topological polar surface area (TPSA) is 106 Å². The van der Waals surface area contributed by atoms with Gasteiger partial charge in [0.05, 0.1) is 29.1 Å². The van der Waals surface area contributed by atoms with Crippen LogP contribution in [0.2, 0.25) is 5.02 Å². The molecule has 0 saturated heterocycles. The molecular formula is C18H20ClN5O4S. The zero-order valence-corrected chi connectivity index (χ0v) is 17.7. The third-order valence-corrected chi connectivity index (χ3v) is 6.36. The first-order chi connectivity index (χ1) is 13.7. The molecule has 0 fully saturated rings. The summed E-state index contributed by atoms with van der Waals surface area (Å²) in [7, 11) is 0.886. The van der Waals surface area contributed by atoms with Crippen molar-refractivity contribution in [1.82, 2.24) is 19.3 Å². The lowest BCUT2D eigenvalue weighted by Crippen LogP contribution is -2.22. The number of rotatable bonds is 7. The van der Waals surface area contributed by atoms with Gasteiger partial charge in [0.1, 0.15) is 11.3 Å². The number of methoxy groups -OCH3 is 1. The second-order valence-electron chi connectivity index (χ2n) is 6.40. The number of hydrogen-bond acceptors (Lipinski definition) is 6. The van der Waals surface area contributed by atoms with Crippen LogP contribution in [0.15, 0.2) is 41.3 Å². The van der Waals surface area contributed by atoms with E-state index < -0.39 is 10.0 Å². The van der Waals surface area contributed by atoms with Gasteiger partial charge in [-0.05, 0) is 36.4 Å². The summed E-state index contributed by atoms with van der Waals surface area (Å²) >= 11 is 6.06. The van der Waals surface area contributed by atoms with Gasteiger partial charge in [-0.15, -0.1) is 5.10 Å². The maximum absolute atomic E-state index is 12.2. The number of fused-ring (bicyclic) bond motifs is 1. The number of benzene rings is 2. The zero-order chi connectivity index (χ0) is 21.2. The molecule has 0 spiro atoms. The van der Waals surface area contributed by atoms with E-state index in [1.807, 2.05) is 0 Å². The molecule has 0 aliphatic carbocycles. The summed E-state index contributed by atoms with van der Waals surface area (Å²) in [5.74, 6) is 0.302. The Labute approximate surface area is 173 Å². The van der Waals surface area contributed by atoms with Gasteiger partial charge in [-0.1, -0.05) is 16.8 Å². The minimum atomic E-state index is -3.56. The Hall–Kier alpha value is -2.69. The number of carbonyl (C=O) groups excluding carboxylic acids is 1. The molecule has 0 radical (unpaired) electrons. The maximum Gasteiger partial charge on any atom is 0.242 e. The summed E-state index contributed by atoms with van der Waals surface area (Å²) in [6, 6.07) is 9.57. The van der Waals surface area contributed by atoms with E-state index >= 15 is 0 Å². The largest absolute Gasteiger partial charge is 0.495 e. The minimum absolute atomic E-state index is 0.135. The lowest BCUT2D eigenvalue weighted by Gasteiger charge is -2.11. The van der Waals surface area contributed by atoms with Crippen molar-refractivity contribution in [3.05, 3.63) is 41.4 Å². The van der Waals surface area contributed by atoms with Gasteiger partial charge in [0.2, 0.25) is 15.9 Å². The van der Waals surface area contributed by atoms with E-state index in [0.29, 0.717) is 27.5 Å². The van der Waals surface area contributed by atoms with Crippen molar-refractivity contribution in [1.29, 1.82) is 0 Å². The van der Waals surface area contributed by atoms with Gasteiger partial charge in [0.15, 0.2) is 0 Å². The Bertz CT molecular complexity index is 1160. The van der Waals surface area contributed by atoms with Crippen LogP contribution < -0.4 is 10.1 Å². The Morgan fingerprint density at radius 2 is 2.00 bits per heavy atom. The van der Waals surface area contributed by atoms with Crippen molar-refractivity contribution in [2.45, 2.75) is 17.9 Å². The van der Waals surface area contributed by atoms with E-state index in [1.54, 1.807) is 28.9 Å². The van der Waals surface area contributed by atoms with Crippen molar-refractivity contribution in [2.24, 2.45) is 0 Å². The summed E-state index contributed by atoms with van der Waals surface area (Å²) in [6.45, 7) is 0.284. The van der Waals surface area contributed by atoms with Crippen LogP contribution in [0.5, 0.6) is 5.75 Å². The number of nitrogens with one attached hydrogen (secondary N) is 1. The summed E-state index contributed by atoms with van der Waals surface area (Å²) in [4.78, 5) is 12.4. The molecule has 0 aliphatic heterocycles. The third-order valence-electron chi connectivity index (χ3n) is 4.25. The fourth-order valence-corrected chi connectivity index (χ4v) is 3.84. The first-order valence-corrected chi connectivity index (χ1v) is 10.4. The molecule has 1 amide bonds. The highest BCUT2D eigenvalue weighted by Gasteiger charge is 2.19. The predicted molar refractivity (Wildman–Crippen MR) is 110 cm³/mol. The Kier molecular flexibility index (Phi) is 6.06. The molecule has 0 saturated carbocycles. The lowest BCUT2D eigenvalue weighted by molar-refractivity contribution is -0.116. The lowest BCUT2D eigenvalue weighted by atomic mass is 10.3. The SMILES string of the molecule is COc1ccc(NC(=O)CCn2nnc3cc(S(=O)(=O)N(C)C)ccc32)cc1Cl. The van der Waals surface area contributed by atoms with Gasteiger partial charge in [-0.3, -0.25) is 4.79 Å². The summed E-state index contributed by atoms with van der Waals surface area (Å²) < 4.78 is 32.2. The van der Waals surface area contributed by atoms with Crippen molar-refractivity contribution >= 4 is 44.3 Å². The number of hydrogen-bond donors (Lipinski definition) is 1. The highest BCUT2D eigenvalue weighted by Crippen LogP contribution is 2.27. The molecule has 29 heavy (non-hydrogen) atoms. The quantitative estimate of drug-likeness (QED) is 0.608. The standard InChI is InChI=1S/C18H20ClN5O4S/c1-23(2)29(26,27)13-5-6-16-15(11-13)21-22-24(16)9-8-18(25)20-12-4-7-17(28-3)14(19)10-12/h4-7,10-11H,8-9H2,1-3H3,(H,20,25). The smallest absolute Gasteiger partial charge is 0.242 e. The second kappa shape index (κ2) is 8.36. The Balaban J connectivity index is 1.69. The van der Waals surface area contributed by atoms with Crippen LogP contribution in [0.3, 0.4) is 0 Å². The van der Waals surface area contributed by atoms with E-state index in [2.05, 4.69) is 15.6 Å². The first-order valence-electron chi connectivity index (χ1n) is 8.61. The monoisotopic (exact) mass is 437 g/mol. The number of halogens is 1. The molecule has 0 atom stereocenters. The molecule has 9 nitrogen and oxygen atoms in total. The average Bonchev–Trinajstić information content (AvgIpc) is 3.08. The molecule has 0 bridgehead atoms. The number of anilines is 1. The molecule has 1 heterocycles. The van der Waals surface area contributed by atoms with Crippen LogP contribution in [0.4, 0.5) is 5.69 Å². The van der Waals surface area contributed by atoms with Crippen LogP contribution >= 0.6 is 11.6 Å². The van der Waals surface area contributed by atoms with Gasteiger partial charge in [0.25, 0.3) is 0 Å². The molecule has 2 aromatic carbocycles. The number of amides is 1. The van der Waals surface area contributed by atoms with E-state index in [4.69, 9.17) is 16.3 Å². The van der Waals surface area contributed by atoms with Crippen molar-refractivity contribution in [3.63, 3.8) is 0 Å². The summed E-state index contributed by atoms with van der Waals surface area (Å²) in [5.41, 5.74) is 1.64. The van der Waals surface area contributed by atoms with Crippen LogP contribution in [-0.2, 0) is 21.4 Å². The molecule has 1 N–H and O–H groups in total. The Morgan fingerprint density at radius 1 is 1.24 bits per heavy atom. The maximum atomic E-state index is 12.2. The van der Waals surface area contributed by atoms with Gasteiger partial charge in [0, 0.05) is 26.2 Å². The fraction of sp³-hybridized carbons (Fsp3) is 0.278. The molecule has 11 heteroatoms. The van der Waals surface area contributed by atoms with Gasteiger partial charge in [-0.2, -0.15) is 0 Å². The first kappa shape index (κ1) is 21.0. The van der Waals surface area contributed by atoms with E-state index in [9.17, 15) is 13.2 Å². The minimum Gasteiger partial charge on any atom is -0.495 e. The summed E-state index contributed by atoms with van der Waals surface area (Å²) in [6.07, 6.45) is 0.153. The predicted octanol–water partition coefficient (Wildman–Crippen LogP) is 2.37. The average molecular weight is 438 g/mol. The molecular weight excluding hydrogens is 418 g/mol. The molecule has 0 aliphatic rings. The number of sulfonamides is 1. The molecule has 154 valence electrons. The van der Waals surface area contributed by atoms with Crippen molar-refractivity contribution in [3.8, 4) is 5.75 Å². The molecule has 1 aromatic heterocycles. The second-order valence-corrected chi connectivity index (χ2v) is 8.96. The van der Waals surface area contributed by atoms with Crippen LogP contribution in [0, 0.1) is 0 Å². The van der Waals surface area contributed by atoms with Crippen molar-refractivity contribution < 1.29 is 17.9 Å². The number of aryl methyl sites for hydroxylation is 1. The third kappa shape index (κ3) is 4.50. The number of aromatic nitrogens is 3. The molecule has 3 rings (SSSR count). The van der Waals surface area contributed by atoms with Crippen LogP contribution in [0.25, 0.3) is 11.0 Å². The van der Waals surface area contributed by atoms with Crippen molar-refractivity contribution in [2.75, 3.05) is 26.5 Å². The van der Waals surface area contributed by atoms with E-state index in [1.165, 1.54) is 33.3 Å².